The molecule has 0 saturated heterocycles. The van der Waals surface area contributed by atoms with E-state index in [9.17, 15) is 8.42 Å². The maximum absolute atomic E-state index is 12.2. The second kappa shape index (κ2) is 7.07. The second-order valence-corrected chi connectivity index (χ2v) is 7.03. The Hall–Kier alpha value is -1.36. The maximum Gasteiger partial charge on any atom is 0.242 e. The Morgan fingerprint density at radius 3 is 2.76 bits per heavy atom. The Balaban J connectivity index is 2.19. The molecular weight excluding hydrogens is 328 g/mol. The van der Waals surface area contributed by atoms with E-state index in [4.69, 9.17) is 17.3 Å². The molecule has 0 amide bonds. The average Bonchev–Trinajstić information content (AvgIpc) is 2.96. The van der Waals surface area contributed by atoms with E-state index in [0.717, 1.165) is 5.56 Å². The van der Waals surface area contributed by atoms with E-state index in [2.05, 4.69) is 16.6 Å². The number of benzene rings is 1. The van der Waals surface area contributed by atoms with Crippen LogP contribution in [0.5, 0.6) is 0 Å². The number of nitrogens with one attached hydrogen (secondary N) is 1. The molecule has 21 heavy (non-hydrogen) atoms. The van der Waals surface area contributed by atoms with Gasteiger partial charge >= 0.3 is 0 Å². The maximum atomic E-state index is 12.2. The largest absolute Gasteiger partial charge is 0.320 e. The fourth-order valence-corrected chi connectivity index (χ4v) is 3.83. The number of hydrogen-bond acceptors (Lipinski definition) is 4. The van der Waals surface area contributed by atoms with Gasteiger partial charge in [-0.05, 0) is 40.6 Å². The van der Waals surface area contributed by atoms with Crippen LogP contribution >= 0.6 is 22.9 Å². The topological polar surface area (TPSA) is 72.2 Å². The Labute approximate surface area is 133 Å². The molecule has 0 aliphatic rings. The highest BCUT2D eigenvalue weighted by atomic mass is 35.5. The first-order valence-electron chi connectivity index (χ1n) is 6.02. The van der Waals surface area contributed by atoms with Crippen LogP contribution in [0, 0.1) is 11.8 Å². The molecule has 2 aromatic rings. The van der Waals surface area contributed by atoms with Crippen LogP contribution in [-0.4, -0.2) is 15.0 Å². The normalized spacial score (nSPS) is 11.0. The Kier molecular flexibility index (Phi) is 5.39. The van der Waals surface area contributed by atoms with E-state index in [1.54, 1.807) is 6.07 Å². The number of sulfonamides is 1. The lowest BCUT2D eigenvalue weighted by Gasteiger charge is -2.08. The van der Waals surface area contributed by atoms with Crippen molar-refractivity contribution in [3.8, 4) is 11.8 Å². The summed E-state index contributed by atoms with van der Waals surface area (Å²) in [5.41, 5.74) is 6.82. The van der Waals surface area contributed by atoms with Crippen LogP contribution in [0.2, 0.25) is 5.02 Å². The molecule has 7 heteroatoms. The molecule has 2 rings (SSSR count). The van der Waals surface area contributed by atoms with Crippen LogP contribution in [0.1, 0.15) is 11.1 Å². The quantitative estimate of drug-likeness (QED) is 0.838. The number of thiophene rings is 1. The van der Waals surface area contributed by atoms with E-state index in [1.807, 2.05) is 16.8 Å². The molecule has 3 N–H and O–H groups in total. The van der Waals surface area contributed by atoms with Gasteiger partial charge in [0.1, 0.15) is 4.90 Å². The molecule has 0 aliphatic heterocycles. The molecule has 110 valence electrons. The summed E-state index contributed by atoms with van der Waals surface area (Å²) in [4.78, 5) is 0.0395. The van der Waals surface area contributed by atoms with Gasteiger partial charge in [0.25, 0.3) is 0 Å². The Morgan fingerprint density at radius 2 is 2.14 bits per heavy atom. The SMILES string of the molecule is NCC#Cc1ccc(S(=O)(=O)NCc2ccsc2)c(Cl)c1. The highest BCUT2D eigenvalue weighted by Crippen LogP contribution is 2.22. The monoisotopic (exact) mass is 340 g/mol. The van der Waals surface area contributed by atoms with Crippen molar-refractivity contribution in [3.63, 3.8) is 0 Å². The standard InChI is InChI=1S/C14H13ClN2O2S2/c15-13-8-11(2-1-6-16)3-4-14(13)21(18,19)17-9-12-5-7-20-10-12/h3-5,7-8,10,17H,6,9,16H2. The van der Waals surface area contributed by atoms with Crippen LogP contribution in [0.3, 0.4) is 0 Å². The van der Waals surface area contributed by atoms with Crippen LogP contribution in [0.4, 0.5) is 0 Å². The molecule has 0 unspecified atom stereocenters. The Bertz CT molecular complexity index is 775. The van der Waals surface area contributed by atoms with Crippen molar-refractivity contribution in [2.24, 2.45) is 5.73 Å². The Morgan fingerprint density at radius 1 is 1.33 bits per heavy atom. The molecule has 0 aliphatic carbocycles. The summed E-state index contributed by atoms with van der Waals surface area (Å²) in [6.07, 6.45) is 0. The molecule has 0 bridgehead atoms. The molecule has 1 heterocycles. The van der Waals surface area contributed by atoms with Gasteiger partial charge in [0, 0.05) is 12.1 Å². The van der Waals surface area contributed by atoms with E-state index in [1.165, 1.54) is 23.5 Å². The van der Waals surface area contributed by atoms with Gasteiger partial charge < -0.3 is 5.73 Å². The number of rotatable bonds is 4. The van der Waals surface area contributed by atoms with Crippen LogP contribution < -0.4 is 10.5 Å². The van der Waals surface area contributed by atoms with E-state index >= 15 is 0 Å². The van der Waals surface area contributed by atoms with Crippen LogP contribution in [-0.2, 0) is 16.6 Å². The summed E-state index contributed by atoms with van der Waals surface area (Å²) >= 11 is 7.55. The molecule has 0 spiro atoms. The highest BCUT2D eigenvalue weighted by molar-refractivity contribution is 7.89. The van der Waals surface area contributed by atoms with Gasteiger partial charge in [-0.15, -0.1) is 0 Å². The highest BCUT2D eigenvalue weighted by Gasteiger charge is 2.17. The van der Waals surface area contributed by atoms with Crippen molar-refractivity contribution in [2.45, 2.75) is 11.4 Å². The molecule has 0 radical (unpaired) electrons. The van der Waals surface area contributed by atoms with Crippen molar-refractivity contribution < 1.29 is 8.42 Å². The minimum absolute atomic E-state index is 0.0395. The first kappa shape index (κ1) is 16.0. The smallest absolute Gasteiger partial charge is 0.242 e. The molecular formula is C14H13ClN2O2S2. The van der Waals surface area contributed by atoms with Gasteiger partial charge in [0.2, 0.25) is 10.0 Å². The average molecular weight is 341 g/mol. The first-order chi connectivity index (χ1) is 10.0. The zero-order valence-electron chi connectivity index (χ0n) is 11.0. The zero-order chi connectivity index (χ0) is 15.3. The lowest BCUT2D eigenvalue weighted by atomic mass is 10.2. The number of halogens is 1. The number of nitrogens with two attached hydrogens (primary N) is 1. The fraction of sp³-hybridized carbons (Fsp3) is 0.143. The molecule has 1 aromatic heterocycles. The summed E-state index contributed by atoms with van der Waals surface area (Å²) in [5, 5.41) is 3.91. The predicted octanol–water partition coefficient (Wildman–Crippen LogP) is 2.19. The van der Waals surface area contributed by atoms with Gasteiger partial charge in [-0.1, -0.05) is 23.4 Å². The van der Waals surface area contributed by atoms with Gasteiger partial charge in [-0.3, -0.25) is 0 Å². The van der Waals surface area contributed by atoms with Gasteiger partial charge in [0.05, 0.1) is 11.6 Å². The number of hydrogen-bond donors (Lipinski definition) is 2. The van der Waals surface area contributed by atoms with Crippen molar-refractivity contribution in [1.82, 2.24) is 4.72 Å². The molecule has 4 nitrogen and oxygen atoms in total. The van der Waals surface area contributed by atoms with Crippen LogP contribution in [0.15, 0.2) is 39.9 Å². The van der Waals surface area contributed by atoms with Gasteiger partial charge in [-0.2, -0.15) is 11.3 Å². The summed E-state index contributed by atoms with van der Waals surface area (Å²) in [5.74, 6) is 5.49. The van der Waals surface area contributed by atoms with Gasteiger partial charge in [-0.25, -0.2) is 13.1 Å². The third kappa shape index (κ3) is 4.30. The van der Waals surface area contributed by atoms with Crippen molar-refractivity contribution >= 4 is 33.0 Å². The molecule has 0 saturated carbocycles. The molecule has 0 atom stereocenters. The summed E-state index contributed by atoms with van der Waals surface area (Å²) < 4.78 is 27.0. The first-order valence-corrected chi connectivity index (χ1v) is 8.82. The van der Waals surface area contributed by atoms with Crippen molar-refractivity contribution in [2.75, 3.05) is 6.54 Å². The summed E-state index contributed by atoms with van der Waals surface area (Å²) in [6, 6.07) is 6.43. The van der Waals surface area contributed by atoms with Crippen molar-refractivity contribution in [3.05, 3.63) is 51.2 Å². The summed E-state index contributed by atoms with van der Waals surface area (Å²) in [6.45, 7) is 0.469. The third-order valence-electron chi connectivity index (χ3n) is 2.60. The van der Waals surface area contributed by atoms with E-state index in [0.29, 0.717) is 5.56 Å². The third-order valence-corrected chi connectivity index (χ3v) is 5.22. The second-order valence-electron chi connectivity index (χ2n) is 4.11. The summed E-state index contributed by atoms with van der Waals surface area (Å²) in [7, 11) is -3.65. The minimum Gasteiger partial charge on any atom is -0.320 e. The van der Waals surface area contributed by atoms with Crippen LogP contribution in [0.25, 0.3) is 0 Å². The minimum atomic E-state index is -3.65. The van der Waals surface area contributed by atoms with Crippen molar-refractivity contribution in [1.29, 1.82) is 0 Å². The van der Waals surface area contributed by atoms with E-state index in [-0.39, 0.29) is 23.0 Å². The fourth-order valence-electron chi connectivity index (χ4n) is 1.60. The zero-order valence-corrected chi connectivity index (χ0v) is 13.4. The molecule has 0 fully saturated rings. The van der Waals surface area contributed by atoms with E-state index < -0.39 is 10.0 Å². The lowest BCUT2D eigenvalue weighted by molar-refractivity contribution is 0.581. The van der Waals surface area contributed by atoms with Gasteiger partial charge in [0.15, 0.2) is 0 Å². The predicted molar refractivity (Wildman–Crippen MR) is 85.7 cm³/mol. The lowest BCUT2D eigenvalue weighted by Crippen LogP contribution is -2.23. The molecule has 1 aromatic carbocycles.